The van der Waals surface area contributed by atoms with Crippen LogP contribution in [-0.4, -0.2) is 19.9 Å². The maximum Gasteiger partial charge on any atom is 0.222 e. The minimum absolute atomic E-state index is 0.519. The summed E-state index contributed by atoms with van der Waals surface area (Å²) in [6.07, 6.45) is 4.79. The van der Waals surface area contributed by atoms with Gasteiger partial charge in [0.25, 0.3) is 0 Å². The first-order chi connectivity index (χ1) is 8.81. The molecule has 0 atom stereocenters. The van der Waals surface area contributed by atoms with Crippen molar-refractivity contribution in [3.05, 3.63) is 48.7 Å². The van der Waals surface area contributed by atoms with Crippen molar-refractivity contribution in [2.45, 2.75) is 6.92 Å². The molecule has 0 amide bonds. The Kier molecular flexibility index (Phi) is 2.57. The molecule has 1 aromatic carbocycles. The molecule has 88 valence electrons. The Morgan fingerprint density at radius 1 is 0.889 bits per heavy atom. The molecule has 2 heterocycles. The van der Waals surface area contributed by atoms with Crippen molar-refractivity contribution in [1.29, 1.82) is 0 Å². The highest BCUT2D eigenvalue weighted by Crippen LogP contribution is 2.22. The Hall–Kier alpha value is -2.56. The number of hydrogen-bond donors (Lipinski definition) is 0. The molecule has 0 fully saturated rings. The molecule has 0 aliphatic rings. The molecule has 0 N–H and O–H groups in total. The zero-order chi connectivity index (χ0) is 12.4. The van der Waals surface area contributed by atoms with Crippen LogP contribution in [0.1, 0.15) is 5.69 Å². The van der Waals surface area contributed by atoms with E-state index in [1.165, 1.54) is 6.33 Å². The molecule has 18 heavy (non-hydrogen) atoms. The van der Waals surface area contributed by atoms with Crippen molar-refractivity contribution in [2.75, 3.05) is 0 Å². The number of aryl methyl sites for hydroxylation is 1. The molecular weight excluding hydrogens is 228 g/mol. The van der Waals surface area contributed by atoms with E-state index in [1.807, 2.05) is 25.1 Å². The molecule has 0 radical (unpaired) electrons. The summed E-state index contributed by atoms with van der Waals surface area (Å²) in [7, 11) is 0. The minimum atomic E-state index is 0.519. The van der Waals surface area contributed by atoms with E-state index in [2.05, 4.69) is 19.9 Å². The maximum atomic E-state index is 5.65. The van der Waals surface area contributed by atoms with Crippen LogP contribution in [0.2, 0.25) is 0 Å². The monoisotopic (exact) mass is 238 g/mol. The van der Waals surface area contributed by atoms with Crippen LogP contribution in [0.5, 0.6) is 11.6 Å². The fourth-order valence-electron chi connectivity index (χ4n) is 1.61. The normalized spacial score (nSPS) is 10.5. The number of hydrogen-bond acceptors (Lipinski definition) is 5. The predicted octanol–water partition coefficient (Wildman–Crippen LogP) is 2.52. The highest BCUT2D eigenvalue weighted by Gasteiger charge is 2.02. The number of ether oxygens (including phenoxy) is 1. The topological polar surface area (TPSA) is 60.8 Å². The van der Waals surface area contributed by atoms with E-state index in [0.717, 1.165) is 16.7 Å². The Balaban J connectivity index is 1.95. The average Bonchev–Trinajstić information content (AvgIpc) is 2.39. The Bertz CT molecular complexity index is 699. The Morgan fingerprint density at radius 3 is 2.56 bits per heavy atom. The van der Waals surface area contributed by atoms with Crippen molar-refractivity contribution in [2.24, 2.45) is 0 Å². The van der Waals surface area contributed by atoms with Gasteiger partial charge in [-0.2, -0.15) is 0 Å². The van der Waals surface area contributed by atoms with E-state index in [-0.39, 0.29) is 0 Å². The summed E-state index contributed by atoms with van der Waals surface area (Å²) < 4.78 is 5.65. The van der Waals surface area contributed by atoms with E-state index in [9.17, 15) is 0 Å². The first kappa shape index (κ1) is 10.6. The summed E-state index contributed by atoms with van der Waals surface area (Å²) >= 11 is 0. The van der Waals surface area contributed by atoms with Crippen LogP contribution in [0, 0.1) is 6.92 Å². The van der Waals surface area contributed by atoms with Crippen LogP contribution in [0.3, 0.4) is 0 Å². The van der Waals surface area contributed by atoms with Crippen LogP contribution >= 0.6 is 0 Å². The fourth-order valence-corrected chi connectivity index (χ4v) is 1.61. The van der Waals surface area contributed by atoms with Gasteiger partial charge in [0, 0.05) is 30.2 Å². The Labute approximate surface area is 104 Å². The van der Waals surface area contributed by atoms with Crippen LogP contribution in [0.4, 0.5) is 0 Å². The number of aromatic nitrogens is 4. The van der Waals surface area contributed by atoms with E-state index in [1.54, 1.807) is 18.5 Å². The van der Waals surface area contributed by atoms with Gasteiger partial charge < -0.3 is 4.74 Å². The van der Waals surface area contributed by atoms with Crippen molar-refractivity contribution < 1.29 is 4.74 Å². The van der Waals surface area contributed by atoms with Gasteiger partial charge in [-0.05, 0) is 19.1 Å². The third-order valence-electron chi connectivity index (χ3n) is 2.44. The van der Waals surface area contributed by atoms with Gasteiger partial charge in [-0.15, -0.1) is 0 Å². The summed E-state index contributed by atoms with van der Waals surface area (Å²) in [5.74, 6) is 1.20. The Morgan fingerprint density at radius 2 is 1.72 bits per heavy atom. The molecule has 0 bridgehead atoms. The lowest BCUT2D eigenvalue weighted by atomic mass is 10.3. The summed E-state index contributed by atoms with van der Waals surface area (Å²) in [5.41, 5.74) is 2.49. The van der Waals surface area contributed by atoms with Crippen molar-refractivity contribution in [3.63, 3.8) is 0 Å². The molecule has 0 aliphatic heterocycles. The predicted molar refractivity (Wildman–Crippen MR) is 66.4 cm³/mol. The van der Waals surface area contributed by atoms with Gasteiger partial charge in [-0.3, -0.25) is 9.97 Å². The van der Waals surface area contributed by atoms with Crippen molar-refractivity contribution in [1.82, 2.24) is 19.9 Å². The highest BCUT2D eigenvalue weighted by molar-refractivity contribution is 5.75. The van der Waals surface area contributed by atoms with E-state index in [0.29, 0.717) is 11.6 Å². The minimum Gasteiger partial charge on any atom is -0.439 e. The SMILES string of the molecule is Cc1cc(Oc2ccc3nccnc3c2)ncn1. The smallest absolute Gasteiger partial charge is 0.222 e. The zero-order valence-corrected chi connectivity index (χ0v) is 9.74. The lowest BCUT2D eigenvalue weighted by Gasteiger charge is -2.05. The summed E-state index contributed by atoms with van der Waals surface area (Å²) in [6, 6.07) is 7.32. The van der Waals surface area contributed by atoms with Crippen molar-refractivity contribution in [3.8, 4) is 11.6 Å². The lowest BCUT2D eigenvalue weighted by Crippen LogP contribution is -1.91. The third kappa shape index (κ3) is 2.10. The highest BCUT2D eigenvalue weighted by atomic mass is 16.5. The molecule has 0 saturated carbocycles. The quantitative estimate of drug-likeness (QED) is 0.686. The molecule has 0 spiro atoms. The van der Waals surface area contributed by atoms with Gasteiger partial charge in [0.2, 0.25) is 5.88 Å². The van der Waals surface area contributed by atoms with Crippen LogP contribution in [0.25, 0.3) is 11.0 Å². The van der Waals surface area contributed by atoms with Gasteiger partial charge in [0.1, 0.15) is 12.1 Å². The number of nitrogens with zero attached hydrogens (tertiary/aromatic N) is 4. The summed E-state index contributed by atoms with van der Waals surface area (Å²) in [5, 5.41) is 0. The van der Waals surface area contributed by atoms with Crippen LogP contribution < -0.4 is 4.74 Å². The molecular formula is C13H10N4O. The van der Waals surface area contributed by atoms with E-state index >= 15 is 0 Å². The first-order valence-corrected chi connectivity index (χ1v) is 5.48. The second-order valence-electron chi connectivity index (χ2n) is 3.81. The molecule has 5 heteroatoms. The first-order valence-electron chi connectivity index (χ1n) is 5.48. The van der Waals surface area contributed by atoms with E-state index < -0.39 is 0 Å². The van der Waals surface area contributed by atoms with Gasteiger partial charge in [-0.25, -0.2) is 9.97 Å². The van der Waals surface area contributed by atoms with Gasteiger partial charge in [0.15, 0.2) is 0 Å². The molecule has 0 saturated heterocycles. The lowest BCUT2D eigenvalue weighted by molar-refractivity contribution is 0.461. The summed E-state index contributed by atoms with van der Waals surface area (Å²) in [4.78, 5) is 16.5. The van der Waals surface area contributed by atoms with Crippen LogP contribution in [0.15, 0.2) is 43.0 Å². The number of fused-ring (bicyclic) bond motifs is 1. The molecule has 3 aromatic rings. The molecule has 0 unspecified atom stereocenters. The van der Waals surface area contributed by atoms with Crippen molar-refractivity contribution >= 4 is 11.0 Å². The molecule has 5 nitrogen and oxygen atoms in total. The third-order valence-corrected chi connectivity index (χ3v) is 2.44. The maximum absolute atomic E-state index is 5.65. The number of benzene rings is 1. The zero-order valence-electron chi connectivity index (χ0n) is 9.74. The largest absolute Gasteiger partial charge is 0.439 e. The van der Waals surface area contributed by atoms with Gasteiger partial charge >= 0.3 is 0 Å². The fraction of sp³-hybridized carbons (Fsp3) is 0.0769. The molecule has 2 aromatic heterocycles. The average molecular weight is 238 g/mol. The van der Waals surface area contributed by atoms with Crippen LogP contribution in [-0.2, 0) is 0 Å². The number of rotatable bonds is 2. The standard InChI is InChI=1S/C13H10N4O/c1-9-6-13(17-8-16-9)18-10-2-3-11-12(7-10)15-5-4-14-11/h2-8H,1H3. The summed E-state index contributed by atoms with van der Waals surface area (Å²) in [6.45, 7) is 1.89. The molecule has 0 aliphatic carbocycles. The van der Waals surface area contributed by atoms with Gasteiger partial charge in [0.05, 0.1) is 11.0 Å². The second kappa shape index (κ2) is 4.37. The van der Waals surface area contributed by atoms with E-state index in [4.69, 9.17) is 4.74 Å². The van der Waals surface area contributed by atoms with Gasteiger partial charge in [-0.1, -0.05) is 0 Å². The molecule has 3 rings (SSSR count). The second-order valence-corrected chi connectivity index (χ2v) is 3.81.